The molecule has 0 saturated heterocycles. The number of carbonyl (C=O) groups is 1. The van der Waals surface area contributed by atoms with E-state index in [1.54, 1.807) is 20.4 Å². The van der Waals surface area contributed by atoms with Crippen molar-refractivity contribution < 1.29 is 9.53 Å². The lowest BCUT2D eigenvalue weighted by atomic mass is 9.72. The van der Waals surface area contributed by atoms with E-state index in [1.807, 2.05) is 12.1 Å². The predicted molar refractivity (Wildman–Crippen MR) is 69.1 cm³/mol. The maximum atomic E-state index is 11.4. The van der Waals surface area contributed by atoms with Crippen molar-refractivity contribution in [2.24, 2.45) is 0 Å². The van der Waals surface area contributed by atoms with Gasteiger partial charge >= 0.3 is 0 Å². The average molecular weight is 245 g/mol. The number of pyridine rings is 1. The van der Waals surface area contributed by atoms with Gasteiger partial charge in [0.05, 0.1) is 19.0 Å². The second kappa shape index (κ2) is 5.18. The number of methoxy groups -OCH3 is 1. The molecule has 4 heteroatoms. The van der Waals surface area contributed by atoms with Crippen molar-refractivity contribution >= 4 is 5.78 Å². The summed E-state index contributed by atoms with van der Waals surface area (Å²) in [6, 6.07) is 6.97. The smallest absolute Gasteiger partial charge is 0.285 e. The first-order valence-electron chi connectivity index (χ1n) is 6.08. The van der Waals surface area contributed by atoms with E-state index < -0.39 is 0 Å². The van der Waals surface area contributed by atoms with Crippen LogP contribution in [-0.4, -0.2) is 24.9 Å². The van der Waals surface area contributed by atoms with Gasteiger partial charge in [-0.05, 0) is 25.0 Å². The molecular weight excluding hydrogens is 228 g/mol. The fourth-order valence-corrected chi connectivity index (χ4v) is 2.38. The third-order valence-electron chi connectivity index (χ3n) is 3.45. The molecule has 1 fully saturated rings. The Labute approximate surface area is 107 Å². The van der Waals surface area contributed by atoms with Crippen LogP contribution in [-0.2, 0) is 10.2 Å². The first-order valence-corrected chi connectivity index (χ1v) is 6.08. The van der Waals surface area contributed by atoms with Crippen LogP contribution in [0.4, 0.5) is 0 Å². The van der Waals surface area contributed by atoms with Crippen LogP contribution < -0.4 is 4.74 Å². The van der Waals surface area contributed by atoms with E-state index in [2.05, 4.69) is 15.9 Å². The Bertz CT molecular complexity index is 487. The highest BCUT2D eigenvalue weighted by atomic mass is 16.5. The summed E-state index contributed by atoms with van der Waals surface area (Å²) >= 11 is 0. The molecule has 1 aliphatic rings. The SMILES string of the molecule is C[N+]#CC1(c2ccc(OC)cn2)CCC(=O)CC1. The average Bonchev–Trinajstić information content (AvgIpc) is 2.42. The third-order valence-corrected chi connectivity index (χ3v) is 3.45. The summed E-state index contributed by atoms with van der Waals surface area (Å²) in [6.07, 6.45) is 4.34. The molecule has 18 heavy (non-hydrogen) atoms. The lowest BCUT2D eigenvalue weighted by Gasteiger charge is -2.26. The Balaban J connectivity index is 2.33. The van der Waals surface area contributed by atoms with Crippen molar-refractivity contribution in [3.8, 4) is 11.8 Å². The molecule has 0 bridgehead atoms. The summed E-state index contributed by atoms with van der Waals surface area (Å²) in [7, 11) is 3.33. The van der Waals surface area contributed by atoms with Crippen molar-refractivity contribution in [3.05, 3.63) is 28.9 Å². The summed E-state index contributed by atoms with van der Waals surface area (Å²) in [4.78, 5) is 19.9. The molecule has 1 aromatic rings. The minimum atomic E-state index is -0.311. The van der Waals surface area contributed by atoms with E-state index in [0.717, 1.165) is 24.3 Å². The largest absolute Gasteiger partial charge is 0.495 e. The molecule has 0 N–H and O–H groups in total. The third kappa shape index (κ3) is 2.35. The summed E-state index contributed by atoms with van der Waals surface area (Å²) < 4.78 is 5.11. The van der Waals surface area contributed by atoms with E-state index in [9.17, 15) is 4.79 Å². The fraction of sp³-hybridized carbons (Fsp3) is 0.500. The highest BCUT2D eigenvalue weighted by Crippen LogP contribution is 2.37. The monoisotopic (exact) mass is 245 g/mol. The first-order chi connectivity index (χ1) is 8.70. The number of nitrogens with zero attached hydrogens (tertiary/aromatic N) is 2. The van der Waals surface area contributed by atoms with Crippen molar-refractivity contribution in [1.82, 2.24) is 4.98 Å². The van der Waals surface area contributed by atoms with E-state index in [0.29, 0.717) is 18.6 Å². The van der Waals surface area contributed by atoms with Crippen molar-refractivity contribution in [2.45, 2.75) is 31.1 Å². The summed E-state index contributed by atoms with van der Waals surface area (Å²) in [6.45, 7) is 0. The van der Waals surface area contributed by atoms with Crippen molar-refractivity contribution in [3.63, 3.8) is 0 Å². The Kier molecular flexibility index (Phi) is 3.61. The van der Waals surface area contributed by atoms with Gasteiger partial charge in [0, 0.05) is 12.8 Å². The molecule has 0 unspecified atom stereocenters. The molecule has 1 aromatic heterocycles. The molecule has 0 spiro atoms. The second-order valence-corrected chi connectivity index (χ2v) is 4.54. The van der Waals surface area contributed by atoms with E-state index >= 15 is 0 Å². The number of rotatable bonds is 2. The summed E-state index contributed by atoms with van der Waals surface area (Å²) in [5.41, 5.74) is 0.607. The quantitative estimate of drug-likeness (QED) is 0.803. The number of hydrogen-bond donors (Lipinski definition) is 0. The zero-order valence-corrected chi connectivity index (χ0v) is 10.8. The Morgan fingerprint density at radius 2 is 2.11 bits per heavy atom. The molecule has 1 heterocycles. The molecule has 2 rings (SSSR count). The van der Waals surface area contributed by atoms with Gasteiger partial charge in [-0.25, -0.2) is 0 Å². The second-order valence-electron chi connectivity index (χ2n) is 4.54. The molecule has 0 aliphatic heterocycles. The van der Waals surface area contributed by atoms with Crippen LogP contribution in [0.1, 0.15) is 31.4 Å². The van der Waals surface area contributed by atoms with Crippen LogP contribution in [0.5, 0.6) is 5.75 Å². The Hall–Kier alpha value is -1.89. The lowest BCUT2D eigenvalue weighted by Crippen LogP contribution is -2.31. The van der Waals surface area contributed by atoms with Crippen LogP contribution in [0.15, 0.2) is 18.3 Å². The van der Waals surface area contributed by atoms with Crippen LogP contribution in [0, 0.1) is 6.07 Å². The number of Topliss-reactive ketones (excluding diaryl/α,β-unsaturated/α-hetero) is 1. The van der Waals surface area contributed by atoms with Gasteiger partial charge in [0.1, 0.15) is 16.9 Å². The van der Waals surface area contributed by atoms with Gasteiger partial charge in [-0.1, -0.05) is 4.85 Å². The van der Waals surface area contributed by atoms with Crippen LogP contribution in [0.2, 0.25) is 0 Å². The van der Waals surface area contributed by atoms with E-state index in [-0.39, 0.29) is 5.41 Å². The number of ketones is 1. The Morgan fingerprint density at radius 1 is 1.39 bits per heavy atom. The molecule has 4 nitrogen and oxygen atoms in total. The van der Waals surface area contributed by atoms with Gasteiger partial charge in [-0.3, -0.25) is 9.78 Å². The number of hydrogen-bond acceptors (Lipinski definition) is 3. The zero-order valence-electron chi connectivity index (χ0n) is 10.8. The van der Waals surface area contributed by atoms with Gasteiger partial charge in [-0.2, -0.15) is 0 Å². The molecule has 0 amide bonds. The standard InChI is InChI=1S/C14H17N2O2/c1-15-10-14(7-5-11(17)6-8-14)13-4-3-12(18-2)9-16-13/h3-4,9H,5-8H2,1-2H3/q+1. The minimum absolute atomic E-state index is 0.311. The highest BCUT2D eigenvalue weighted by Gasteiger charge is 2.41. The lowest BCUT2D eigenvalue weighted by molar-refractivity contribution is -0.121. The zero-order chi connectivity index (χ0) is 13.0. The molecule has 0 radical (unpaired) electrons. The van der Waals surface area contributed by atoms with E-state index in [4.69, 9.17) is 4.74 Å². The summed E-state index contributed by atoms with van der Waals surface area (Å²) in [5, 5.41) is 0. The summed E-state index contributed by atoms with van der Waals surface area (Å²) in [5.74, 6) is 1.05. The van der Waals surface area contributed by atoms with Gasteiger partial charge in [0.25, 0.3) is 13.1 Å². The number of aromatic nitrogens is 1. The van der Waals surface area contributed by atoms with E-state index in [1.165, 1.54) is 0 Å². The maximum Gasteiger partial charge on any atom is 0.285 e. The van der Waals surface area contributed by atoms with Crippen molar-refractivity contribution in [1.29, 1.82) is 0 Å². The van der Waals surface area contributed by atoms with Gasteiger partial charge < -0.3 is 4.74 Å². The topological polar surface area (TPSA) is 43.5 Å². The maximum absolute atomic E-state index is 11.4. The fourth-order valence-electron chi connectivity index (χ4n) is 2.38. The molecule has 94 valence electrons. The van der Waals surface area contributed by atoms with Gasteiger partial charge in [0.2, 0.25) is 0 Å². The van der Waals surface area contributed by atoms with Gasteiger partial charge in [0.15, 0.2) is 0 Å². The van der Waals surface area contributed by atoms with Crippen LogP contribution in [0.25, 0.3) is 4.85 Å². The first kappa shape index (κ1) is 12.6. The number of carbonyl (C=O) groups excluding carboxylic acids is 1. The highest BCUT2D eigenvalue weighted by molar-refractivity contribution is 5.80. The molecule has 0 aromatic carbocycles. The molecular formula is C14H17N2O2+. The van der Waals surface area contributed by atoms with Crippen LogP contribution in [0.3, 0.4) is 0 Å². The van der Waals surface area contributed by atoms with Crippen molar-refractivity contribution in [2.75, 3.05) is 14.2 Å². The number of ether oxygens (including phenoxy) is 1. The van der Waals surface area contributed by atoms with Gasteiger partial charge in [-0.15, -0.1) is 0 Å². The molecule has 1 aliphatic carbocycles. The molecule has 0 atom stereocenters. The predicted octanol–water partition coefficient (Wildman–Crippen LogP) is 2.43. The minimum Gasteiger partial charge on any atom is -0.495 e. The molecule has 1 saturated carbocycles. The normalized spacial score (nSPS) is 17.8. The van der Waals surface area contributed by atoms with Crippen LogP contribution >= 0.6 is 0 Å². The Morgan fingerprint density at radius 3 is 2.61 bits per heavy atom.